The van der Waals surface area contributed by atoms with E-state index in [1.807, 2.05) is 30.3 Å². The van der Waals surface area contributed by atoms with E-state index in [1.54, 1.807) is 12.3 Å². The van der Waals surface area contributed by atoms with Gasteiger partial charge in [-0.2, -0.15) is 0 Å². The van der Waals surface area contributed by atoms with Crippen LogP contribution >= 0.6 is 0 Å². The predicted molar refractivity (Wildman–Crippen MR) is 83.3 cm³/mol. The molecule has 21 heavy (non-hydrogen) atoms. The van der Waals surface area contributed by atoms with Gasteiger partial charge in [-0.15, -0.1) is 0 Å². The minimum absolute atomic E-state index is 0.311. The molecule has 0 radical (unpaired) electrons. The lowest BCUT2D eigenvalue weighted by Gasteiger charge is -2.11. The van der Waals surface area contributed by atoms with Gasteiger partial charge in [0, 0.05) is 18.2 Å². The van der Waals surface area contributed by atoms with E-state index in [1.165, 1.54) is 0 Å². The number of imidazole rings is 1. The molecule has 108 valence electrons. The van der Waals surface area contributed by atoms with Gasteiger partial charge in [-0.25, -0.2) is 9.97 Å². The van der Waals surface area contributed by atoms with Gasteiger partial charge in [-0.05, 0) is 24.1 Å². The Morgan fingerprint density at radius 1 is 1.14 bits per heavy atom. The molecule has 0 spiro atoms. The van der Waals surface area contributed by atoms with Gasteiger partial charge in [-0.3, -0.25) is 0 Å². The molecule has 3 rings (SSSR count). The Hall–Kier alpha value is -2.36. The fraction of sp³-hybridized carbons (Fsp3) is 0.294. The number of nitrogens with zero attached hydrogens (tertiary/aromatic N) is 3. The van der Waals surface area contributed by atoms with Crippen LogP contribution in [0.3, 0.4) is 0 Å². The first-order valence-corrected chi connectivity index (χ1v) is 7.22. The van der Waals surface area contributed by atoms with E-state index in [0.717, 1.165) is 29.0 Å². The Morgan fingerprint density at radius 3 is 2.71 bits per heavy atom. The first-order valence-electron chi connectivity index (χ1n) is 7.22. The van der Waals surface area contributed by atoms with Crippen LogP contribution in [0, 0.1) is 5.92 Å². The molecule has 0 aliphatic rings. The van der Waals surface area contributed by atoms with Crippen LogP contribution in [0.4, 0.5) is 0 Å². The van der Waals surface area contributed by atoms with Gasteiger partial charge in [0.2, 0.25) is 0 Å². The van der Waals surface area contributed by atoms with Crippen molar-refractivity contribution in [2.75, 3.05) is 0 Å². The van der Waals surface area contributed by atoms with E-state index >= 15 is 0 Å². The summed E-state index contributed by atoms with van der Waals surface area (Å²) >= 11 is 0. The van der Waals surface area contributed by atoms with Crippen molar-refractivity contribution >= 4 is 11.2 Å². The maximum absolute atomic E-state index is 10.0. The average molecular weight is 281 g/mol. The summed E-state index contributed by atoms with van der Waals surface area (Å²) in [7, 11) is 0. The first-order chi connectivity index (χ1) is 10.1. The highest BCUT2D eigenvalue weighted by molar-refractivity contribution is 5.71. The normalized spacial score (nSPS) is 11.4. The van der Waals surface area contributed by atoms with Gasteiger partial charge in [0.1, 0.15) is 17.1 Å². The smallest absolute Gasteiger partial charge is 0.160 e. The van der Waals surface area contributed by atoms with Crippen LogP contribution in [0.1, 0.15) is 25.2 Å². The minimum atomic E-state index is 0.311. The Kier molecular flexibility index (Phi) is 3.60. The number of hydrogen-bond donors (Lipinski definition) is 1. The fourth-order valence-electron chi connectivity index (χ4n) is 2.51. The molecule has 4 heteroatoms. The number of fused-ring (bicyclic) bond motifs is 1. The summed E-state index contributed by atoms with van der Waals surface area (Å²) in [5.74, 6) is 1.85. The summed E-state index contributed by atoms with van der Waals surface area (Å²) in [4.78, 5) is 9.15. The summed E-state index contributed by atoms with van der Waals surface area (Å²) in [5.41, 5.74) is 2.66. The molecular formula is C17H19N3O. The van der Waals surface area contributed by atoms with Crippen LogP contribution in [0.5, 0.6) is 5.75 Å². The second kappa shape index (κ2) is 5.56. The van der Waals surface area contributed by atoms with Gasteiger partial charge in [0.15, 0.2) is 5.65 Å². The Labute approximate surface area is 124 Å². The molecule has 0 saturated heterocycles. The molecule has 0 unspecified atom stereocenters. The maximum atomic E-state index is 10.0. The number of aromatic nitrogens is 3. The molecule has 1 N–H and O–H groups in total. The summed E-state index contributed by atoms with van der Waals surface area (Å²) in [6, 6.07) is 11.3. The number of para-hydroxylation sites is 1. The quantitative estimate of drug-likeness (QED) is 0.797. The highest BCUT2D eigenvalue weighted by atomic mass is 16.3. The molecule has 4 nitrogen and oxygen atoms in total. The van der Waals surface area contributed by atoms with Crippen molar-refractivity contribution < 1.29 is 5.11 Å². The largest absolute Gasteiger partial charge is 0.508 e. The van der Waals surface area contributed by atoms with E-state index in [9.17, 15) is 5.11 Å². The lowest BCUT2D eigenvalue weighted by molar-refractivity contribution is 0.465. The van der Waals surface area contributed by atoms with Gasteiger partial charge >= 0.3 is 0 Å². The lowest BCUT2D eigenvalue weighted by atomic mass is 10.1. The molecule has 0 fully saturated rings. The average Bonchev–Trinajstić information content (AvgIpc) is 2.78. The Bertz CT molecular complexity index is 762. The third kappa shape index (κ3) is 2.75. The van der Waals surface area contributed by atoms with E-state index in [2.05, 4.69) is 23.4 Å². The van der Waals surface area contributed by atoms with Crippen LogP contribution in [0.25, 0.3) is 11.2 Å². The van der Waals surface area contributed by atoms with Crippen LogP contribution in [0.2, 0.25) is 0 Å². The summed E-state index contributed by atoms with van der Waals surface area (Å²) < 4.78 is 2.10. The zero-order chi connectivity index (χ0) is 14.8. The van der Waals surface area contributed by atoms with Crippen LogP contribution in [-0.4, -0.2) is 19.6 Å². The third-order valence-electron chi connectivity index (χ3n) is 3.49. The topological polar surface area (TPSA) is 50.9 Å². The van der Waals surface area contributed by atoms with Crippen molar-refractivity contribution in [1.82, 2.24) is 14.5 Å². The SMILES string of the molecule is CC(C)Cc1nc2cccnc2n1Cc1ccccc1O. The van der Waals surface area contributed by atoms with Gasteiger partial charge < -0.3 is 9.67 Å². The number of benzene rings is 1. The van der Waals surface area contributed by atoms with Gasteiger partial charge in [-0.1, -0.05) is 32.0 Å². The van der Waals surface area contributed by atoms with Crippen LogP contribution < -0.4 is 0 Å². The highest BCUT2D eigenvalue weighted by Gasteiger charge is 2.14. The van der Waals surface area contributed by atoms with E-state index in [0.29, 0.717) is 18.2 Å². The zero-order valence-corrected chi connectivity index (χ0v) is 12.3. The summed E-state index contributed by atoms with van der Waals surface area (Å²) in [6.07, 6.45) is 2.68. The number of aromatic hydroxyl groups is 1. The summed E-state index contributed by atoms with van der Waals surface area (Å²) in [5, 5.41) is 10.0. The molecule has 0 aliphatic heterocycles. The predicted octanol–water partition coefficient (Wildman–Crippen LogP) is 3.38. The third-order valence-corrected chi connectivity index (χ3v) is 3.49. The van der Waals surface area contributed by atoms with Gasteiger partial charge in [0.25, 0.3) is 0 Å². The number of phenolic OH excluding ortho intramolecular Hbond substituents is 1. The van der Waals surface area contributed by atoms with Gasteiger partial charge in [0.05, 0.1) is 6.54 Å². The van der Waals surface area contributed by atoms with Crippen LogP contribution in [-0.2, 0) is 13.0 Å². The second-order valence-corrected chi connectivity index (χ2v) is 5.69. The van der Waals surface area contributed by atoms with Crippen molar-refractivity contribution in [3.8, 4) is 5.75 Å². The molecular weight excluding hydrogens is 262 g/mol. The lowest BCUT2D eigenvalue weighted by Crippen LogP contribution is -2.08. The molecule has 0 bridgehead atoms. The number of pyridine rings is 1. The zero-order valence-electron chi connectivity index (χ0n) is 12.3. The first kappa shape index (κ1) is 13.6. The van der Waals surface area contributed by atoms with Crippen LogP contribution in [0.15, 0.2) is 42.6 Å². The molecule has 2 aromatic heterocycles. The molecule has 0 amide bonds. The Balaban J connectivity index is 2.09. The van der Waals surface area contributed by atoms with E-state index in [4.69, 9.17) is 4.98 Å². The van der Waals surface area contributed by atoms with Crippen molar-refractivity contribution in [3.63, 3.8) is 0 Å². The number of phenols is 1. The molecule has 0 saturated carbocycles. The molecule has 1 aromatic carbocycles. The van der Waals surface area contributed by atoms with Crippen molar-refractivity contribution in [2.24, 2.45) is 5.92 Å². The van der Waals surface area contributed by atoms with E-state index in [-0.39, 0.29) is 0 Å². The molecule has 3 aromatic rings. The molecule has 0 aliphatic carbocycles. The van der Waals surface area contributed by atoms with E-state index < -0.39 is 0 Å². The Morgan fingerprint density at radius 2 is 1.95 bits per heavy atom. The van der Waals surface area contributed by atoms with Crippen molar-refractivity contribution in [1.29, 1.82) is 0 Å². The fourth-order valence-corrected chi connectivity index (χ4v) is 2.51. The summed E-state index contributed by atoms with van der Waals surface area (Å²) in [6.45, 7) is 4.94. The minimum Gasteiger partial charge on any atom is -0.508 e. The highest BCUT2D eigenvalue weighted by Crippen LogP contribution is 2.22. The maximum Gasteiger partial charge on any atom is 0.160 e. The monoisotopic (exact) mass is 281 g/mol. The second-order valence-electron chi connectivity index (χ2n) is 5.69. The number of rotatable bonds is 4. The van der Waals surface area contributed by atoms with Crippen molar-refractivity contribution in [2.45, 2.75) is 26.8 Å². The molecule has 0 atom stereocenters. The standard InChI is InChI=1S/C17H19N3O/c1-12(2)10-16-19-14-7-5-9-18-17(14)20(16)11-13-6-3-4-8-15(13)21/h3-9,12,21H,10-11H2,1-2H3. The van der Waals surface area contributed by atoms with Crippen molar-refractivity contribution in [3.05, 3.63) is 54.0 Å². The molecule has 2 heterocycles. The number of hydrogen-bond acceptors (Lipinski definition) is 3.